The van der Waals surface area contributed by atoms with Crippen molar-refractivity contribution in [2.24, 2.45) is 0 Å². The second-order valence-corrected chi connectivity index (χ2v) is 4.15. The molecule has 0 saturated heterocycles. The van der Waals surface area contributed by atoms with Crippen LogP contribution in [0, 0.1) is 6.92 Å². The minimum absolute atomic E-state index is 0.305. The molecule has 3 N–H and O–H groups in total. The van der Waals surface area contributed by atoms with Crippen molar-refractivity contribution >= 4 is 16.8 Å². The van der Waals surface area contributed by atoms with E-state index in [9.17, 15) is 0 Å². The van der Waals surface area contributed by atoms with E-state index in [1.807, 2.05) is 25.3 Å². The third-order valence-corrected chi connectivity index (χ3v) is 3.03. The standard InChI is InChI=1S/C13H13N3O2/c1-7-3-4-10(17-2)13-12(7)8(6-15-13)9-5-11(14)18-16-9/h3-6,15H,14H2,1-2H3. The first-order valence-electron chi connectivity index (χ1n) is 5.58. The van der Waals surface area contributed by atoms with Crippen molar-refractivity contribution in [3.8, 4) is 17.0 Å². The maximum atomic E-state index is 5.56. The van der Waals surface area contributed by atoms with Crippen LogP contribution in [0.25, 0.3) is 22.2 Å². The second kappa shape index (κ2) is 3.80. The predicted octanol–water partition coefficient (Wildman–Crippen LogP) is 2.72. The van der Waals surface area contributed by atoms with Crippen LogP contribution in [0.4, 0.5) is 5.88 Å². The van der Waals surface area contributed by atoms with Gasteiger partial charge in [0.1, 0.15) is 11.4 Å². The van der Waals surface area contributed by atoms with Crippen molar-refractivity contribution in [2.45, 2.75) is 6.92 Å². The molecule has 0 bridgehead atoms. The number of hydrogen-bond donors (Lipinski definition) is 2. The average molecular weight is 243 g/mol. The van der Waals surface area contributed by atoms with Crippen LogP contribution < -0.4 is 10.5 Å². The Balaban J connectivity index is 2.31. The van der Waals surface area contributed by atoms with Crippen molar-refractivity contribution in [2.75, 3.05) is 12.8 Å². The lowest BCUT2D eigenvalue weighted by atomic mass is 10.0. The van der Waals surface area contributed by atoms with E-state index in [0.29, 0.717) is 5.88 Å². The number of nitrogens with one attached hydrogen (secondary N) is 1. The molecule has 3 aromatic rings. The van der Waals surface area contributed by atoms with Crippen molar-refractivity contribution in [1.29, 1.82) is 0 Å². The second-order valence-electron chi connectivity index (χ2n) is 4.15. The van der Waals surface area contributed by atoms with Gasteiger partial charge in [0.15, 0.2) is 0 Å². The van der Waals surface area contributed by atoms with Crippen LogP contribution in [-0.4, -0.2) is 17.3 Å². The minimum atomic E-state index is 0.305. The number of aryl methyl sites for hydroxylation is 1. The van der Waals surface area contributed by atoms with Gasteiger partial charge in [0, 0.05) is 23.2 Å². The van der Waals surface area contributed by atoms with Crippen LogP contribution in [0.2, 0.25) is 0 Å². The number of fused-ring (bicyclic) bond motifs is 1. The molecule has 0 aliphatic heterocycles. The van der Waals surface area contributed by atoms with E-state index in [-0.39, 0.29) is 0 Å². The molecule has 5 heteroatoms. The maximum absolute atomic E-state index is 5.56. The first-order valence-corrected chi connectivity index (χ1v) is 5.58. The van der Waals surface area contributed by atoms with Crippen LogP contribution in [0.1, 0.15) is 5.56 Å². The zero-order chi connectivity index (χ0) is 12.7. The molecule has 18 heavy (non-hydrogen) atoms. The Bertz CT molecular complexity index is 712. The van der Waals surface area contributed by atoms with Gasteiger partial charge in [0.2, 0.25) is 5.88 Å². The van der Waals surface area contributed by atoms with E-state index in [4.69, 9.17) is 15.0 Å². The highest BCUT2D eigenvalue weighted by atomic mass is 16.5. The monoisotopic (exact) mass is 243 g/mol. The summed E-state index contributed by atoms with van der Waals surface area (Å²) in [5.74, 6) is 1.11. The normalized spacial score (nSPS) is 11.0. The fraction of sp³-hybridized carbons (Fsp3) is 0.154. The molecule has 92 valence electrons. The third-order valence-electron chi connectivity index (χ3n) is 3.03. The Morgan fingerprint density at radius 2 is 2.22 bits per heavy atom. The van der Waals surface area contributed by atoms with Crippen LogP contribution in [-0.2, 0) is 0 Å². The summed E-state index contributed by atoms with van der Waals surface area (Å²) in [7, 11) is 1.65. The summed E-state index contributed by atoms with van der Waals surface area (Å²) in [4.78, 5) is 3.21. The first kappa shape index (κ1) is 10.7. The number of hydrogen-bond acceptors (Lipinski definition) is 4. The minimum Gasteiger partial charge on any atom is -0.495 e. The summed E-state index contributed by atoms with van der Waals surface area (Å²) in [5, 5.41) is 5.02. The van der Waals surface area contributed by atoms with Gasteiger partial charge in [-0.2, -0.15) is 0 Å². The lowest BCUT2D eigenvalue weighted by Crippen LogP contribution is -1.86. The molecular formula is C13H13N3O2. The molecule has 0 aliphatic rings. The molecule has 0 aliphatic carbocycles. The number of aromatic amines is 1. The zero-order valence-electron chi connectivity index (χ0n) is 10.2. The molecule has 1 aromatic carbocycles. The molecule has 0 radical (unpaired) electrons. The molecule has 0 spiro atoms. The Morgan fingerprint density at radius 3 is 2.89 bits per heavy atom. The molecule has 5 nitrogen and oxygen atoms in total. The number of benzene rings is 1. The molecule has 2 aromatic heterocycles. The number of methoxy groups -OCH3 is 1. The van der Waals surface area contributed by atoms with Crippen LogP contribution in [0.5, 0.6) is 5.75 Å². The van der Waals surface area contributed by atoms with Crippen LogP contribution >= 0.6 is 0 Å². The number of nitrogens with two attached hydrogens (primary N) is 1. The number of ether oxygens (including phenoxy) is 1. The van der Waals surface area contributed by atoms with Gasteiger partial charge < -0.3 is 20.0 Å². The molecule has 2 heterocycles. The molecule has 0 atom stereocenters. The summed E-state index contributed by atoms with van der Waals surface area (Å²) in [6, 6.07) is 5.67. The number of aromatic nitrogens is 2. The van der Waals surface area contributed by atoms with E-state index in [1.165, 1.54) is 0 Å². The quantitative estimate of drug-likeness (QED) is 0.725. The molecule has 0 amide bonds. The number of nitrogens with zero attached hydrogens (tertiary/aromatic N) is 1. The number of nitrogen functional groups attached to an aromatic ring is 1. The van der Waals surface area contributed by atoms with Gasteiger partial charge >= 0.3 is 0 Å². The SMILES string of the molecule is COc1ccc(C)c2c(-c3cc(N)on3)c[nH]c12. The maximum Gasteiger partial charge on any atom is 0.222 e. The van der Waals surface area contributed by atoms with E-state index in [0.717, 1.165) is 33.5 Å². The number of anilines is 1. The van der Waals surface area contributed by atoms with Gasteiger partial charge in [0.05, 0.1) is 12.6 Å². The average Bonchev–Trinajstić information content (AvgIpc) is 2.96. The van der Waals surface area contributed by atoms with Gasteiger partial charge in [-0.25, -0.2) is 0 Å². The van der Waals surface area contributed by atoms with Gasteiger partial charge in [-0.05, 0) is 18.6 Å². The Kier molecular flexibility index (Phi) is 2.26. The Labute approximate surface area is 104 Å². The highest BCUT2D eigenvalue weighted by Crippen LogP contribution is 2.35. The first-order chi connectivity index (χ1) is 8.70. The fourth-order valence-electron chi connectivity index (χ4n) is 2.18. The summed E-state index contributed by atoms with van der Waals surface area (Å²) in [5.41, 5.74) is 9.33. The molecule has 0 saturated carbocycles. The van der Waals surface area contributed by atoms with Gasteiger partial charge in [-0.1, -0.05) is 11.2 Å². The van der Waals surface area contributed by atoms with E-state index < -0.39 is 0 Å². The van der Waals surface area contributed by atoms with Gasteiger partial charge in [-0.3, -0.25) is 0 Å². The smallest absolute Gasteiger partial charge is 0.222 e. The predicted molar refractivity (Wildman–Crippen MR) is 69.5 cm³/mol. The van der Waals surface area contributed by atoms with Crippen molar-refractivity contribution in [1.82, 2.24) is 10.1 Å². The highest BCUT2D eigenvalue weighted by molar-refractivity contribution is 6.00. The lowest BCUT2D eigenvalue weighted by Gasteiger charge is -2.04. The van der Waals surface area contributed by atoms with Gasteiger partial charge in [-0.15, -0.1) is 0 Å². The summed E-state index contributed by atoms with van der Waals surface area (Å²) in [6.07, 6.45) is 1.89. The number of H-pyrrole nitrogens is 1. The molecule has 0 fully saturated rings. The third kappa shape index (κ3) is 1.44. The highest BCUT2D eigenvalue weighted by Gasteiger charge is 2.14. The van der Waals surface area contributed by atoms with E-state index >= 15 is 0 Å². The zero-order valence-corrected chi connectivity index (χ0v) is 10.2. The molecule has 3 rings (SSSR count). The number of rotatable bonds is 2. The van der Waals surface area contributed by atoms with Crippen molar-refractivity contribution in [3.63, 3.8) is 0 Å². The van der Waals surface area contributed by atoms with Crippen LogP contribution in [0.3, 0.4) is 0 Å². The topological polar surface area (TPSA) is 77.1 Å². The summed E-state index contributed by atoms with van der Waals surface area (Å²) < 4.78 is 10.3. The van der Waals surface area contributed by atoms with Crippen molar-refractivity contribution < 1.29 is 9.26 Å². The van der Waals surface area contributed by atoms with Gasteiger partial charge in [0.25, 0.3) is 0 Å². The summed E-state index contributed by atoms with van der Waals surface area (Å²) >= 11 is 0. The Morgan fingerprint density at radius 1 is 1.39 bits per heavy atom. The lowest BCUT2D eigenvalue weighted by molar-refractivity contribution is 0.419. The Hall–Kier alpha value is -2.43. The fourth-order valence-corrected chi connectivity index (χ4v) is 2.18. The largest absolute Gasteiger partial charge is 0.495 e. The summed E-state index contributed by atoms with van der Waals surface area (Å²) in [6.45, 7) is 2.04. The van der Waals surface area contributed by atoms with E-state index in [2.05, 4.69) is 10.1 Å². The van der Waals surface area contributed by atoms with E-state index in [1.54, 1.807) is 13.2 Å². The van der Waals surface area contributed by atoms with Crippen LogP contribution in [0.15, 0.2) is 28.9 Å². The molecular weight excluding hydrogens is 230 g/mol. The molecule has 0 unspecified atom stereocenters. The van der Waals surface area contributed by atoms with Crippen molar-refractivity contribution in [3.05, 3.63) is 30.0 Å².